The van der Waals surface area contributed by atoms with Crippen LogP contribution in [-0.2, 0) is 0 Å². The molecule has 0 N–H and O–H groups in total. The molecule has 0 aliphatic heterocycles. The van der Waals surface area contributed by atoms with Crippen LogP contribution in [0.3, 0.4) is 0 Å². The largest absolute Gasteiger partial charge is 0.454 e. The van der Waals surface area contributed by atoms with Gasteiger partial charge in [-0.2, -0.15) is 0 Å². The first-order valence-corrected chi connectivity index (χ1v) is 14.5. The normalized spacial score (nSPS) is 11.6. The fraction of sp³-hybridized carbons (Fsp3) is 0. The number of furan rings is 1. The zero-order valence-electron chi connectivity index (χ0n) is 23.4. The Morgan fingerprint density at radius 2 is 1.11 bits per heavy atom. The van der Waals surface area contributed by atoms with Gasteiger partial charge in [-0.1, -0.05) is 84.9 Å². The number of aromatic nitrogens is 5. The van der Waals surface area contributed by atoms with Crippen LogP contribution in [0.5, 0.6) is 0 Å². The molecule has 0 fully saturated rings. The highest BCUT2D eigenvalue weighted by Crippen LogP contribution is 2.37. The Hall–Kier alpha value is -6.14. The zero-order valence-corrected chi connectivity index (χ0v) is 23.4. The summed E-state index contributed by atoms with van der Waals surface area (Å²) in [7, 11) is 0. The standard InChI is InChI=1S/C38H23N5O/c1-2-10-24(11-3-1)36-40-37(25-18-19-28-29-20-21-39-23-35(29)44-34(28)22-25)42-38(41-36)30-14-6-9-17-33(30)43-31-15-7-4-12-26(31)27-13-5-8-16-32(27)43/h1-23H. The van der Waals surface area contributed by atoms with Gasteiger partial charge in [0.1, 0.15) is 5.58 Å². The van der Waals surface area contributed by atoms with E-state index in [9.17, 15) is 0 Å². The molecular formula is C38H23N5O. The number of rotatable bonds is 4. The molecule has 5 aromatic carbocycles. The van der Waals surface area contributed by atoms with Crippen molar-refractivity contribution in [3.8, 4) is 39.9 Å². The van der Waals surface area contributed by atoms with E-state index in [0.717, 1.165) is 55.3 Å². The fourth-order valence-electron chi connectivity index (χ4n) is 6.15. The van der Waals surface area contributed by atoms with Gasteiger partial charge in [0.05, 0.1) is 22.9 Å². The van der Waals surface area contributed by atoms with Crippen LogP contribution in [0, 0.1) is 0 Å². The Morgan fingerprint density at radius 3 is 1.91 bits per heavy atom. The van der Waals surface area contributed by atoms with Gasteiger partial charge in [-0.3, -0.25) is 4.98 Å². The molecule has 6 heteroatoms. The van der Waals surface area contributed by atoms with Crippen LogP contribution in [0.25, 0.3) is 83.6 Å². The van der Waals surface area contributed by atoms with E-state index in [-0.39, 0.29) is 0 Å². The maximum Gasteiger partial charge on any atom is 0.166 e. The molecule has 0 saturated carbocycles. The zero-order chi connectivity index (χ0) is 29.0. The number of fused-ring (bicyclic) bond motifs is 6. The molecular weight excluding hydrogens is 542 g/mol. The number of pyridine rings is 1. The van der Waals surface area contributed by atoms with Crippen LogP contribution < -0.4 is 0 Å². The molecule has 0 atom stereocenters. The second-order valence-corrected chi connectivity index (χ2v) is 10.7. The van der Waals surface area contributed by atoms with Crippen molar-refractivity contribution in [1.29, 1.82) is 0 Å². The average molecular weight is 566 g/mol. The second-order valence-electron chi connectivity index (χ2n) is 10.7. The number of hydrogen-bond acceptors (Lipinski definition) is 5. The molecule has 0 aliphatic carbocycles. The van der Waals surface area contributed by atoms with Gasteiger partial charge in [-0.25, -0.2) is 15.0 Å². The summed E-state index contributed by atoms with van der Waals surface area (Å²) in [4.78, 5) is 19.3. The van der Waals surface area contributed by atoms with Crippen LogP contribution in [0.2, 0.25) is 0 Å². The van der Waals surface area contributed by atoms with Gasteiger partial charge in [0, 0.05) is 44.4 Å². The van der Waals surface area contributed by atoms with E-state index in [4.69, 9.17) is 19.4 Å². The number of nitrogens with zero attached hydrogens (tertiary/aromatic N) is 5. The van der Waals surface area contributed by atoms with E-state index in [1.54, 1.807) is 12.4 Å². The first-order chi connectivity index (χ1) is 21.8. The predicted molar refractivity (Wildman–Crippen MR) is 176 cm³/mol. The van der Waals surface area contributed by atoms with E-state index in [1.165, 1.54) is 10.8 Å². The lowest BCUT2D eigenvalue weighted by Gasteiger charge is -2.14. The molecule has 0 unspecified atom stereocenters. The highest BCUT2D eigenvalue weighted by Gasteiger charge is 2.19. The van der Waals surface area contributed by atoms with Crippen molar-refractivity contribution in [3.63, 3.8) is 0 Å². The van der Waals surface area contributed by atoms with Crippen LogP contribution in [-0.4, -0.2) is 24.5 Å². The first kappa shape index (κ1) is 24.5. The molecule has 9 aromatic rings. The van der Waals surface area contributed by atoms with Gasteiger partial charge in [0.2, 0.25) is 0 Å². The minimum absolute atomic E-state index is 0.575. The molecule has 0 bridgehead atoms. The van der Waals surface area contributed by atoms with Gasteiger partial charge in [-0.05, 0) is 42.5 Å². The Bertz CT molecular complexity index is 2460. The van der Waals surface area contributed by atoms with Crippen molar-refractivity contribution >= 4 is 43.7 Å². The molecule has 44 heavy (non-hydrogen) atoms. The molecule has 0 aliphatic rings. The van der Waals surface area contributed by atoms with Crippen molar-refractivity contribution in [3.05, 3.63) is 140 Å². The average Bonchev–Trinajstić information content (AvgIpc) is 3.64. The van der Waals surface area contributed by atoms with Crippen molar-refractivity contribution in [2.75, 3.05) is 0 Å². The summed E-state index contributed by atoms with van der Waals surface area (Å²) in [6.45, 7) is 0. The third-order valence-corrected chi connectivity index (χ3v) is 8.17. The van der Waals surface area contributed by atoms with Crippen molar-refractivity contribution in [1.82, 2.24) is 24.5 Å². The highest BCUT2D eigenvalue weighted by atomic mass is 16.3. The van der Waals surface area contributed by atoms with E-state index in [2.05, 4.69) is 82.3 Å². The van der Waals surface area contributed by atoms with Gasteiger partial charge >= 0.3 is 0 Å². The monoisotopic (exact) mass is 565 g/mol. The van der Waals surface area contributed by atoms with Gasteiger partial charge in [-0.15, -0.1) is 0 Å². The van der Waals surface area contributed by atoms with Crippen molar-refractivity contribution in [2.24, 2.45) is 0 Å². The Balaban J connectivity index is 1.29. The number of hydrogen-bond donors (Lipinski definition) is 0. The first-order valence-electron chi connectivity index (χ1n) is 14.5. The number of benzene rings is 5. The van der Waals surface area contributed by atoms with Gasteiger partial charge in [0.15, 0.2) is 23.1 Å². The van der Waals surface area contributed by atoms with Crippen LogP contribution in [0.1, 0.15) is 0 Å². The molecule has 0 amide bonds. The minimum atomic E-state index is 0.575. The van der Waals surface area contributed by atoms with Gasteiger partial charge < -0.3 is 8.98 Å². The smallest absolute Gasteiger partial charge is 0.166 e. The van der Waals surface area contributed by atoms with Crippen LogP contribution >= 0.6 is 0 Å². The highest BCUT2D eigenvalue weighted by molar-refractivity contribution is 6.09. The summed E-state index contributed by atoms with van der Waals surface area (Å²) in [5.41, 5.74) is 7.45. The van der Waals surface area contributed by atoms with E-state index in [0.29, 0.717) is 17.5 Å². The molecule has 0 spiro atoms. The van der Waals surface area contributed by atoms with Crippen molar-refractivity contribution < 1.29 is 4.42 Å². The topological polar surface area (TPSA) is 69.6 Å². The molecule has 206 valence electrons. The maximum absolute atomic E-state index is 6.16. The second kappa shape index (κ2) is 9.71. The molecule has 9 rings (SSSR count). The van der Waals surface area contributed by atoms with Gasteiger partial charge in [0.25, 0.3) is 0 Å². The fourth-order valence-corrected chi connectivity index (χ4v) is 6.15. The molecule has 4 aromatic heterocycles. The maximum atomic E-state index is 6.16. The molecule has 0 saturated heterocycles. The van der Waals surface area contributed by atoms with Crippen molar-refractivity contribution in [2.45, 2.75) is 0 Å². The summed E-state index contributed by atoms with van der Waals surface area (Å²) >= 11 is 0. The summed E-state index contributed by atoms with van der Waals surface area (Å²) in [6.07, 6.45) is 3.53. The predicted octanol–water partition coefficient (Wildman–Crippen LogP) is 9.26. The van der Waals surface area contributed by atoms with E-state index in [1.807, 2.05) is 54.6 Å². The lowest BCUT2D eigenvalue weighted by atomic mass is 10.1. The quantitative estimate of drug-likeness (QED) is 0.213. The Morgan fingerprint density at radius 1 is 0.477 bits per heavy atom. The third kappa shape index (κ3) is 3.82. The summed E-state index contributed by atoms with van der Waals surface area (Å²) in [5, 5.41) is 4.46. The summed E-state index contributed by atoms with van der Waals surface area (Å²) in [6, 6.07) is 43.5. The van der Waals surface area contributed by atoms with E-state index < -0.39 is 0 Å². The SMILES string of the molecule is c1ccc(-c2nc(-c3ccc4c(c3)oc3cnccc34)nc(-c3ccccc3-n3c4ccccc4c4ccccc43)n2)cc1. The molecule has 0 radical (unpaired) electrons. The van der Waals surface area contributed by atoms with Crippen LogP contribution in [0.4, 0.5) is 0 Å². The van der Waals surface area contributed by atoms with Crippen LogP contribution in [0.15, 0.2) is 144 Å². The summed E-state index contributed by atoms with van der Waals surface area (Å²) < 4.78 is 8.46. The minimum Gasteiger partial charge on any atom is -0.454 e. The Labute approximate surface area is 251 Å². The number of para-hydroxylation sites is 3. The lowest BCUT2D eigenvalue weighted by Crippen LogP contribution is -2.03. The third-order valence-electron chi connectivity index (χ3n) is 8.17. The molecule has 6 nitrogen and oxygen atoms in total. The molecule has 4 heterocycles. The Kier molecular flexibility index (Phi) is 5.40. The summed E-state index contributed by atoms with van der Waals surface area (Å²) in [5.74, 6) is 1.78. The lowest BCUT2D eigenvalue weighted by molar-refractivity contribution is 0.667. The van der Waals surface area contributed by atoms with E-state index >= 15 is 0 Å².